The van der Waals surface area contributed by atoms with Crippen molar-refractivity contribution in [3.05, 3.63) is 16.9 Å². The third-order valence-corrected chi connectivity index (χ3v) is 4.88. The minimum Gasteiger partial charge on any atom is -0.309 e. The van der Waals surface area contributed by atoms with Crippen LogP contribution in [0.1, 0.15) is 76.9 Å². The number of hydrogen-bond donors (Lipinski definition) is 1. The van der Waals surface area contributed by atoms with Gasteiger partial charge in [0.1, 0.15) is 0 Å². The molecule has 1 aromatic rings. The maximum Gasteiger partial charge on any atom is 0.0834 e. The Morgan fingerprint density at radius 2 is 2.00 bits per heavy atom. The van der Waals surface area contributed by atoms with E-state index in [1.54, 1.807) is 0 Å². The van der Waals surface area contributed by atoms with E-state index in [0.29, 0.717) is 6.04 Å². The molecule has 2 rings (SSSR count). The van der Waals surface area contributed by atoms with Gasteiger partial charge in [-0.25, -0.2) is 0 Å². The minimum atomic E-state index is 0.347. The van der Waals surface area contributed by atoms with E-state index < -0.39 is 0 Å². The summed E-state index contributed by atoms with van der Waals surface area (Å²) in [6.45, 7) is 6.29. The second-order valence-electron chi connectivity index (χ2n) is 6.30. The molecule has 0 aliphatic heterocycles. The molecule has 1 aliphatic carbocycles. The zero-order chi connectivity index (χ0) is 15.1. The van der Waals surface area contributed by atoms with Gasteiger partial charge >= 0.3 is 0 Å². The summed E-state index contributed by atoms with van der Waals surface area (Å²) in [7, 11) is 0. The topological polar surface area (TPSA) is 29.9 Å². The van der Waals surface area contributed by atoms with Crippen LogP contribution in [-0.2, 0) is 6.54 Å². The highest BCUT2D eigenvalue weighted by Gasteiger charge is 2.24. The second-order valence-corrected chi connectivity index (χ2v) is 6.71. The summed E-state index contributed by atoms with van der Waals surface area (Å²) in [4.78, 5) is 0. The van der Waals surface area contributed by atoms with Gasteiger partial charge in [-0.2, -0.15) is 5.10 Å². The fourth-order valence-electron chi connectivity index (χ4n) is 3.58. The lowest BCUT2D eigenvalue weighted by molar-refractivity contribution is 0.345. The number of nitrogens with one attached hydrogen (secondary N) is 1. The van der Waals surface area contributed by atoms with Crippen LogP contribution < -0.4 is 5.32 Å². The van der Waals surface area contributed by atoms with E-state index in [1.165, 1.54) is 50.6 Å². The standard InChI is InChI=1S/C17H30ClN3/c1-3-11-21-17(15(18)13-20-21)16(19-4-2)12-14-9-7-5-6-8-10-14/h13-14,16,19H,3-12H2,1-2H3. The van der Waals surface area contributed by atoms with Crippen molar-refractivity contribution < 1.29 is 0 Å². The molecule has 0 radical (unpaired) electrons. The van der Waals surface area contributed by atoms with Crippen LogP contribution in [0.4, 0.5) is 0 Å². The van der Waals surface area contributed by atoms with Gasteiger partial charge in [0.25, 0.3) is 0 Å². The van der Waals surface area contributed by atoms with Gasteiger partial charge in [0.15, 0.2) is 0 Å². The van der Waals surface area contributed by atoms with E-state index >= 15 is 0 Å². The summed E-state index contributed by atoms with van der Waals surface area (Å²) in [6, 6.07) is 0.347. The average molecular weight is 312 g/mol. The third kappa shape index (κ3) is 4.72. The Kier molecular flexibility index (Phi) is 7.05. The quantitative estimate of drug-likeness (QED) is 0.721. The Balaban J connectivity index is 2.11. The molecule has 0 amide bonds. The normalized spacial score (nSPS) is 18.6. The van der Waals surface area contributed by atoms with Gasteiger partial charge < -0.3 is 5.32 Å². The molecule has 1 unspecified atom stereocenters. The fourth-order valence-corrected chi connectivity index (χ4v) is 3.85. The summed E-state index contributed by atoms with van der Waals surface area (Å²) in [5.41, 5.74) is 1.20. The lowest BCUT2D eigenvalue weighted by atomic mass is 9.91. The van der Waals surface area contributed by atoms with E-state index in [-0.39, 0.29) is 0 Å². The third-order valence-electron chi connectivity index (χ3n) is 4.59. The molecule has 0 saturated heterocycles. The van der Waals surface area contributed by atoms with Crippen LogP contribution in [-0.4, -0.2) is 16.3 Å². The number of hydrogen-bond acceptors (Lipinski definition) is 2. The minimum absolute atomic E-state index is 0.347. The summed E-state index contributed by atoms with van der Waals surface area (Å²) in [5, 5.41) is 8.93. The zero-order valence-electron chi connectivity index (χ0n) is 13.6. The first kappa shape index (κ1) is 16.8. The van der Waals surface area contributed by atoms with Crippen LogP contribution in [0.15, 0.2) is 6.20 Å². The molecule has 1 aromatic heterocycles. The zero-order valence-corrected chi connectivity index (χ0v) is 14.3. The van der Waals surface area contributed by atoms with E-state index in [4.69, 9.17) is 11.6 Å². The molecule has 21 heavy (non-hydrogen) atoms. The number of aryl methyl sites for hydroxylation is 1. The maximum atomic E-state index is 6.44. The van der Waals surface area contributed by atoms with Gasteiger partial charge in [-0.05, 0) is 25.3 Å². The van der Waals surface area contributed by atoms with Crippen molar-refractivity contribution in [2.45, 2.75) is 77.8 Å². The van der Waals surface area contributed by atoms with Crippen LogP contribution in [0, 0.1) is 5.92 Å². The Hall–Kier alpha value is -0.540. The van der Waals surface area contributed by atoms with E-state index in [1.807, 2.05) is 6.20 Å². The molecule has 1 heterocycles. The maximum absolute atomic E-state index is 6.44. The van der Waals surface area contributed by atoms with Gasteiger partial charge in [-0.15, -0.1) is 0 Å². The molecule has 1 atom stereocenters. The van der Waals surface area contributed by atoms with Crippen molar-refractivity contribution in [2.75, 3.05) is 6.54 Å². The highest BCUT2D eigenvalue weighted by Crippen LogP contribution is 2.33. The van der Waals surface area contributed by atoms with Crippen LogP contribution >= 0.6 is 11.6 Å². The lowest BCUT2D eigenvalue weighted by Crippen LogP contribution is -2.26. The smallest absolute Gasteiger partial charge is 0.0834 e. The number of aromatic nitrogens is 2. The Labute approximate surface area is 134 Å². The molecule has 0 bridgehead atoms. The highest BCUT2D eigenvalue weighted by atomic mass is 35.5. The second kappa shape index (κ2) is 8.79. The molecule has 1 aliphatic rings. The summed E-state index contributed by atoms with van der Waals surface area (Å²) >= 11 is 6.44. The van der Waals surface area contributed by atoms with Gasteiger partial charge in [0, 0.05) is 6.54 Å². The van der Waals surface area contributed by atoms with Gasteiger partial charge in [-0.3, -0.25) is 4.68 Å². The molecule has 1 fully saturated rings. The molecule has 1 saturated carbocycles. The molecular weight excluding hydrogens is 282 g/mol. The molecule has 3 nitrogen and oxygen atoms in total. The predicted octanol–water partition coefficient (Wildman–Crippen LogP) is 4.96. The Bertz CT molecular complexity index is 408. The lowest BCUT2D eigenvalue weighted by Gasteiger charge is -2.24. The molecule has 4 heteroatoms. The van der Waals surface area contributed by atoms with Crippen LogP contribution in [0.25, 0.3) is 0 Å². The summed E-state index contributed by atoms with van der Waals surface area (Å²) in [5.74, 6) is 0.831. The van der Waals surface area contributed by atoms with Crippen molar-refractivity contribution in [3.63, 3.8) is 0 Å². The van der Waals surface area contributed by atoms with E-state index in [0.717, 1.165) is 30.5 Å². The van der Waals surface area contributed by atoms with E-state index in [9.17, 15) is 0 Å². The van der Waals surface area contributed by atoms with Crippen molar-refractivity contribution in [2.24, 2.45) is 5.92 Å². The first-order valence-corrected chi connectivity index (χ1v) is 9.08. The van der Waals surface area contributed by atoms with Crippen LogP contribution in [0.2, 0.25) is 5.02 Å². The molecular formula is C17H30ClN3. The van der Waals surface area contributed by atoms with Gasteiger partial charge in [0.05, 0.1) is 23.0 Å². The van der Waals surface area contributed by atoms with Crippen molar-refractivity contribution >= 4 is 11.6 Å². The van der Waals surface area contributed by atoms with E-state index in [2.05, 4.69) is 28.9 Å². The number of halogens is 1. The predicted molar refractivity (Wildman–Crippen MR) is 89.8 cm³/mol. The largest absolute Gasteiger partial charge is 0.309 e. The first-order valence-electron chi connectivity index (χ1n) is 8.70. The summed E-state index contributed by atoms with van der Waals surface area (Å²) < 4.78 is 2.10. The average Bonchev–Trinajstić information content (AvgIpc) is 2.67. The molecule has 0 spiro atoms. The Morgan fingerprint density at radius 3 is 2.62 bits per heavy atom. The van der Waals surface area contributed by atoms with Crippen molar-refractivity contribution in [1.29, 1.82) is 0 Å². The number of rotatable bonds is 7. The highest BCUT2D eigenvalue weighted by molar-refractivity contribution is 6.31. The van der Waals surface area contributed by atoms with Crippen LogP contribution in [0.3, 0.4) is 0 Å². The molecule has 1 N–H and O–H groups in total. The van der Waals surface area contributed by atoms with Crippen LogP contribution in [0.5, 0.6) is 0 Å². The number of nitrogens with zero attached hydrogens (tertiary/aromatic N) is 2. The Morgan fingerprint density at radius 1 is 1.29 bits per heavy atom. The SMILES string of the molecule is CCCn1ncc(Cl)c1C(CC1CCCCCC1)NCC. The van der Waals surface area contributed by atoms with Crippen molar-refractivity contribution in [1.82, 2.24) is 15.1 Å². The van der Waals surface area contributed by atoms with Gasteiger partial charge in [0.2, 0.25) is 0 Å². The monoisotopic (exact) mass is 311 g/mol. The molecule has 0 aromatic carbocycles. The fraction of sp³-hybridized carbons (Fsp3) is 0.824. The first-order chi connectivity index (χ1) is 10.3. The molecule has 120 valence electrons. The summed E-state index contributed by atoms with van der Waals surface area (Å²) in [6.07, 6.45) is 12.5. The van der Waals surface area contributed by atoms with Crippen molar-refractivity contribution in [3.8, 4) is 0 Å². The van der Waals surface area contributed by atoms with Gasteiger partial charge in [-0.1, -0.05) is 64.0 Å².